The highest BCUT2D eigenvalue weighted by molar-refractivity contribution is 7.51. The Balaban J connectivity index is 2.20. The molecule has 144 valence electrons. The Kier molecular flexibility index (Phi) is 6.51. The van der Waals surface area contributed by atoms with Crippen molar-refractivity contribution in [2.75, 3.05) is 6.35 Å². The van der Waals surface area contributed by atoms with Crippen molar-refractivity contribution in [2.24, 2.45) is 0 Å². The van der Waals surface area contributed by atoms with Gasteiger partial charge in [-0.3, -0.25) is 4.57 Å². The molecule has 6 heteroatoms. The smallest absolute Gasteiger partial charge is 0.351 e. The molecule has 0 amide bonds. The van der Waals surface area contributed by atoms with Crippen LogP contribution in [0.4, 0.5) is 0 Å². The third-order valence-corrected chi connectivity index (χ3v) is 5.27. The molecule has 1 aliphatic carbocycles. The Hall–Kier alpha value is -1.39. The summed E-state index contributed by atoms with van der Waals surface area (Å²) < 4.78 is 16.4. The fraction of sp³-hybridized carbons (Fsp3) is 0.500. The van der Waals surface area contributed by atoms with E-state index in [4.69, 9.17) is 14.5 Å². The van der Waals surface area contributed by atoms with Gasteiger partial charge in [0, 0.05) is 0 Å². The Morgan fingerprint density at radius 2 is 1.88 bits per heavy atom. The van der Waals surface area contributed by atoms with Crippen LogP contribution < -0.4 is 0 Å². The van der Waals surface area contributed by atoms with Crippen LogP contribution in [-0.2, 0) is 15.7 Å². The van der Waals surface area contributed by atoms with E-state index in [9.17, 15) is 9.67 Å². The number of phenolic OH excluding ortho intramolecular Hbond substituents is 1. The monoisotopic (exact) mass is 380 g/mol. The first-order valence-corrected chi connectivity index (χ1v) is 10.6. The zero-order chi connectivity index (χ0) is 19.6. The topological polar surface area (TPSA) is 87.0 Å². The van der Waals surface area contributed by atoms with Gasteiger partial charge in [0.15, 0.2) is 0 Å². The molecule has 1 aromatic carbocycles. The summed E-state index contributed by atoms with van der Waals surface area (Å²) in [4.78, 5) is 18.0. The molecule has 0 aromatic heterocycles. The van der Waals surface area contributed by atoms with E-state index < -0.39 is 13.9 Å². The van der Waals surface area contributed by atoms with Crippen LogP contribution in [-0.4, -0.2) is 27.3 Å². The molecular weight excluding hydrogens is 351 g/mol. The molecule has 5 nitrogen and oxygen atoms in total. The van der Waals surface area contributed by atoms with E-state index in [1.54, 1.807) is 0 Å². The average Bonchev–Trinajstić information content (AvgIpc) is 2.51. The van der Waals surface area contributed by atoms with Gasteiger partial charge in [0.05, 0.1) is 6.10 Å². The zero-order valence-electron chi connectivity index (χ0n) is 16.1. The predicted octanol–water partition coefficient (Wildman–Crippen LogP) is 4.55. The van der Waals surface area contributed by atoms with E-state index in [-0.39, 0.29) is 12.0 Å². The Morgan fingerprint density at radius 1 is 1.23 bits per heavy atom. The lowest BCUT2D eigenvalue weighted by molar-refractivity contribution is 0.106. The molecule has 1 unspecified atom stereocenters. The van der Waals surface area contributed by atoms with Gasteiger partial charge in [-0.25, -0.2) is 0 Å². The molecule has 0 saturated carbocycles. The fourth-order valence-electron chi connectivity index (χ4n) is 3.42. The van der Waals surface area contributed by atoms with Crippen LogP contribution in [0.3, 0.4) is 0 Å². The number of phenols is 1. The Morgan fingerprint density at radius 3 is 2.42 bits per heavy atom. The Bertz CT molecular complexity index is 786. The second-order valence-electron chi connectivity index (χ2n) is 7.49. The maximum absolute atomic E-state index is 11.0. The van der Waals surface area contributed by atoms with E-state index in [1.165, 1.54) is 5.57 Å². The van der Waals surface area contributed by atoms with Crippen LogP contribution in [0.25, 0.3) is 0 Å². The summed E-state index contributed by atoms with van der Waals surface area (Å²) in [5.74, 6) is 0.619. The molecule has 1 aliphatic rings. The second kappa shape index (κ2) is 8.10. The maximum Gasteiger partial charge on any atom is 0.351 e. The lowest BCUT2D eigenvalue weighted by atomic mass is 9.86. The van der Waals surface area contributed by atoms with Crippen molar-refractivity contribution < 1.29 is 24.2 Å². The van der Waals surface area contributed by atoms with Gasteiger partial charge in [-0.15, -0.1) is 0 Å². The van der Waals surface area contributed by atoms with Crippen LogP contribution in [0.2, 0.25) is 0 Å². The molecular formula is C20H29O5P. The minimum Gasteiger partial charge on any atom is -0.507 e. The van der Waals surface area contributed by atoms with Gasteiger partial charge in [-0.05, 0) is 67.4 Å². The quantitative estimate of drug-likeness (QED) is 0.630. The highest BCUT2D eigenvalue weighted by atomic mass is 31.2. The Labute approximate surface area is 155 Å². The van der Waals surface area contributed by atoms with E-state index in [0.717, 1.165) is 34.3 Å². The van der Waals surface area contributed by atoms with Crippen molar-refractivity contribution in [3.05, 3.63) is 51.6 Å². The second-order valence-corrected chi connectivity index (χ2v) is 9.08. The van der Waals surface area contributed by atoms with E-state index >= 15 is 0 Å². The van der Waals surface area contributed by atoms with E-state index in [2.05, 4.69) is 19.9 Å². The number of ether oxygens (including phenoxy) is 1. The minimum absolute atomic E-state index is 0.247. The standard InChI is InChI=1S/C20H29O5P/c1-12(2)18-9-16(6-15(5)20(18)21)10-19-13(3)7-17(8-14(19)4)25-11-26(22,23)24/h6-7,9,12,17,21H,8,10-11H2,1-5H3,(H2,22,23,24). The number of benzene rings is 1. The summed E-state index contributed by atoms with van der Waals surface area (Å²) in [5.41, 5.74) is 6.45. The van der Waals surface area contributed by atoms with Gasteiger partial charge in [0.1, 0.15) is 12.1 Å². The van der Waals surface area contributed by atoms with Crippen molar-refractivity contribution in [2.45, 2.75) is 59.5 Å². The number of rotatable bonds is 6. The lowest BCUT2D eigenvalue weighted by Crippen LogP contribution is -2.17. The van der Waals surface area contributed by atoms with E-state index in [0.29, 0.717) is 12.2 Å². The SMILES string of the molecule is CC1=CC(OCP(=O)(O)O)CC(C)=C1Cc1cc(C)c(O)c(C(C)C)c1. The third kappa shape index (κ3) is 5.31. The molecule has 1 atom stereocenters. The largest absolute Gasteiger partial charge is 0.507 e. The van der Waals surface area contributed by atoms with Gasteiger partial charge >= 0.3 is 7.60 Å². The molecule has 0 fully saturated rings. The molecule has 1 aromatic rings. The number of aryl methyl sites for hydroxylation is 1. The average molecular weight is 380 g/mol. The fourth-order valence-corrected chi connectivity index (χ4v) is 3.81. The molecule has 2 rings (SSSR count). The summed E-state index contributed by atoms with van der Waals surface area (Å²) in [6.07, 6.45) is 2.47. The first kappa shape index (κ1) is 20.9. The van der Waals surface area contributed by atoms with Gasteiger partial charge < -0.3 is 19.6 Å². The van der Waals surface area contributed by atoms with Gasteiger partial charge in [0.25, 0.3) is 0 Å². The van der Waals surface area contributed by atoms with Crippen LogP contribution in [0.1, 0.15) is 56.7 Å². The number of hydrogen-bond acceptors (Lipinski definition) is 3. The van der Waals surface area contributed by atoms with Crippen LogP contribution >= 0.6 is 7.60 Å². The zero-order valence-corrected chi connectivity index (χ0v) is 17.0. The summed E-state index contributed by atoms with van der Waals surface area (Å²) in [6, 6.07) is 4.09. The lowest BCUT2D eigenvalue weighted by Gasteiger charge is -2.25. The first-order chi connectivity index (χ1) is 12.0. The van der Waals surface area contributed by atoms with Crippen molar-refractivity contribution >= 4 is 7.60 Å². The van der Waals surface area contributed by atoms with Crippen LogP contribution in [0.5, 0.6) is 5.75 Å². The summed E-state index contributed by atoms with van der Waals surface area (Å²) in [7, 11) is -4.16. The first-order valence-electron chi connectivity index (χ1n) is 8.84. The minimum atomic E-state index is -4.16. The molecule has 0 radical (unpaired) electrons. The molecule has 3 N–H and O–H groups in total. The number of aromatic hydroxyl groups is 1. The van der Waals surface area contributed by atoms with Crippen molar-refractivity contribution in [1.29, 1.82) is 0 Å². The highest BCUT2D eigenvalue weighted by Crippen LogP contribution is 2.37. The third-order valence-electron chi connectivity index (χ3n) is 4.78. The van der Waals surface area contributed by atoms with Crippen LogP contribution in [0, 0.1) is 6.92 Å². The van der Waals surface area contributed by atoms with Crippen molar-refractivity contribution in [3.63, 3.8) is 0 Å². The number of hydrogen-bond donors (Lipinski definition) is 3. The van der Waals surface area contributed by atoms with Gasteiger partial charge in [-0.2, -0.15) is 0 Å². The number of allylic oxidation sites excluding steroid dienone is 2. The predicted molar refractivity (Wildman–Crippen MR) is 103 cm³/mol. The molecule has 0 spiro atoms. The molecule has 0 saturated heterocycles. The molecule has 0 aliphatic heterocycles. The van der Waals surface area contributed by atoms with E-state index in [1.807, 2.05) is 32.9 Å². The normalized spacial score (nSPS) is 18.5. The van der Waals surface area contributed by atoms with Crippen LogP contribution in [0.15, 0.2) is 34.9 Å². The van der Waals surface area contributed by atoms with Gasteiger partial charge in [0.2, 0.25) is 0 Å². The van der Waals surface area contributed by atoms with Crippen molar-refractivity contribution in [3.8, 4) is 5.75 Å². The molecule has 0 heterocycles. The van der Waals surface area contributed by atoms with Gasteiger partial charge in [-0.1, -0.05) is 37.6 Å². The molecule has 26 heavy (non-hydrogen) atoms. The molecule has 0 bridgehead atoms. The summed E-state index contributed by atoms with van der Waals surface area (Å²) in [5, 5.41) is 10.3. The summed E-state index contributed by atoms with van der Waals surface area (Å²) in [6.45, 7) is 10.1. The highest BCUT2D eigenvalue weighted by Gasteiger charge is 2.22. The van der Waals surface area contributed by atoms with Crippen molar-refractivity contribution in [1.82, 2.24) is 0 Å². The maximum atomic E-state index is 11.0. The summed E-state index contributed by atoms with van der Waals surface area (Å²) >= 11 is 0.